The molecule has 0 unspecified atom stereocenters. The molecule has 2 saturated carbocycles. The topological polar surface area (TPSA) is 35.5 Å². The monoisotopic (exact) mass is 280 g/mol. The van der Waals surface area contributed by atoms with E-state index in [1.807, 2.05) is 0 Å². The maximum absolute atomic E-state index is 9.82. The van der Waals surface area contributed by atoms with Crippen LogP contribution in [0.5, 0.6) is 0 Å². The Morgan fingerprint density at radius 1 is 0.900 bits per heavy atom. The number of likely N-dealkylation sites (tertiary alicyclic amines) is 1. The quantitative estimate of drug-likeness (QED) is 0.812. The molecule has 3 fully saturated rings. The van der Waals surface area contributed by atoms with Crippen molar-refractivity contribution < 1.29 is 5.11 Å². The van der Waals surface area contributed by atoms with Gasteiger partial charge in [-0.1, -0.05) is 38.5 Å². The van der Waals surface area contributed by atoms with E-state index >= 15 is 0 Å². The molecule has 0 atom stereocenters. The second-order valence-corrected chi connectivity index (χ2v) is 7.57. The van der Waals surface area contributed by atoms with Crippen molar-refractivity contribution in [2.24, 2.45) is 5.41 Å². The van der Waals surface area contributed by atoms with Crippen molar-refractivity contribution in [1.29, 1.82) is 0 Å². The first-order valence-corrected chi connectivity index (χ1v) is 8.90. The van der Waals surface area contributed by atoms with Crippen LogP contribution in [-0.4, -0.2) is 48.3 Å². The van der Waals surface area contributed by atoms with Crippen molar-refractivity contribution in [3.8, 4) is 0 Å². The Balaban J connectivity index is 1.42. The van der Waals surface area contributed by atoms with Gasteiger partial charge in [-0.05, 0) is 25.7 Å². The first-order valence-electron chi connectivity index (χ1n) is 8.90. The predicted octanol–water partition coefficient (Wildman–Crippen LogP) is 2.54. The summed E-state index contributed by atoms with van der Waals surface area (Å²) in [5.74, 6) is 0. The zero-order valence-electron chi connectivity index (χ0n) is 12.9. The molecular weight excluding hydrogens is 248 g/mol. The number of aliphatic hydroxyl groups excluding tert-OH is 1. The normalized spacial score (nSPS) is 29.2. The van der Waals surface area contributed by atoms with E-state index in [1.54, 1.807) is 0 Å². The highest BCUT2D eigenvalue weighted by atomic mass is 16.3. The minimum atomic E-state index is 0.162. The Morgan fingerprint density at radius 3 is 2.10 bits per heavy atom. The van der Waals surface area contributed by atoms with Gasteiger partial charge in [0.15, 0.2) is 0 Å². The molecule has 2 aliphatic carbocycles. The van der Waals surface area contributed by atoms with Gasteiger partial charge >= 0.3 is 0 Å². The molecule has 2 N–H and O–H groups in total. The number of nitrogens with one attached hydrogen (secondary N) is 1. The van der Waals surface area contributed by atoms with Crippen LogP contribution < -0.4 is 5.32 Å². The first-order chi connectivity index (χ1) is 9.81. The number of hydrogen-bond donors (Lipinski definition) is 2. The van der Waals surface area contributed by atoms with E-state index in [0.29, 0.717) is 6.61 Å². The van der Waals surface area contributed by atoms with E-state index in [1.165, 1.54) is 64.2 Å². The summed E-state index contributed by atoms with van der Waals surface area (Å²) in [7, 11) is 0. The van der Waals surface area contributed by atoms with Crippen molar-refractivity contribution in [3.63, 3.8) is 0 Å². The van der Waals surface area contributed by atoms with Gasteiger partial charge in [-0.2, -0.15) is 0 Å². The highest BCUT2D eigenvalue weighted by Gasteiger charge is 2.45. The molecule has 0 radical (unpaired) electrons. The molecule has 1 aliphatic heterocycles. The molecule has 1 saturated heterocycles. The molecule has 116 valence electrons. The molecule has 20 heavy (non-hydrogen) atoms. The molecule has 3 rings (SSSR count). The zero-order chi connectivity index (χ0) is 13.8. The van der Waals surface area contributed by atoms with Crippen LogP contribution in [0.4, 0.5) is 0 Å². The van der Waals surface area contributed by atoms with Gasteiger partial charge in [0.2, 0.25) is 0 Å². The molecule has 0 spiro atoms. The third-order valence-electron chi connectivity index (χ3n) is 5.87. The summed E-state index contributed by atoms with van der Waals surface area (Å²) in [6.07, 6.45) is 13.9. The van der Waals surface area contributed by atoms with Crippen LogP contribution in [0.15, 0.2) is 0 Å². The molecule has 1 heterocycles. The summed E-state index contributed by atoms with van der Waals surface area (Å²) in [6, 6.07) is 1.54. The molecule has 0 aromatic heterocycles. The van der Waals surface area contributed by atoms with E-state index in [-0.39, 0.29) is 5.41 Å². The van der Waals surface area contributed by atoms with Crippen LogP contribution >= 0.6 is 0 Å². The van der Waals surface area contributed by atoms with Crippen LogP contribution in [0.1, 0.15) is 64.2 Å². The third kappa shape index (κ3) is 3.37. The smallest absolute Gasteiger partial charge is 0.0524 e. The van der Waals surface area contributed by atoms with Gasteiger partial charge in [0.25, 0.3) is 0 Å². The lowest BCUT2D eigenvalue weighted by Gasteiger charge is -2.54. The third-order valence-corrected chi connectivity index (χ3v) is 5.87. The average molecular weight is 280 g/mol. The lowest BCUT2D eigenvalue weighted by atomic mass is 9.77. The Kier molecular flexibility index (Phi) is 5.00. The van der Waals surface area contributed by atoms with Crippen molar-refractivity contribution in [3.05, 3.63) is 0 Å². The summed E-state index contributed by atoms with van der Waals surface area (Å²) in [6.45, 7) is 3.62. The number of aliphatic hydroxyl groups is 1. The second-order valence-electron chi connectivity index (χ2n) is 7.57. The molecule has 3 nitrogen and oxygen atoms in total. The minimum Gasteiger partial charge on any atom is -0.396 e. The van der Waals surface area contributed by atoms with E-state index < -0.39 is 0 Å². The van der Waals surface area contributed by atoms with Gasteiger partial charge in [0.1, 0.15) is 0 Å². The molecule has 3 heteroatoms. The van der Waals surface area contributed by atoms with E-state index in [9.17, 15) is 5.11 Å². The molecule has 0 bridgehead atoms. The number of hydrogen-bond acceptors (Lipinski definition) is 3. The van der Waals surface area contributed by atoms with Crippen molar-refractivity contribution in [1.82, 2.24) is 10.2 Å². The summed E-state index contributed by atoms with van der Waals surface area (Å²) < 4.78 is 0. The van der Waals surface area contributed by atoms with Crippen LogP contribution in [0.2, 0.25) is 0 Å². The molecule has 0 aromatic rings. The minimum absolute atomic E-state index is 0.162. The predicted molar refractivity (Wildman–Crippen MR) is 82.8 cm³/mol. The van der Waals surface area contributed by atoms with Gasteiger partial charge in [0.05, 0.1) is 6.61 Å². The Labute approximate surface area is 124 Å². The largest absolute Gasteiger partial charge is 0.396 e. The highest BCUT2D eigenvalue weighted by molar-refractivity contribution is 4.99. The van der Waals surface area contributed by atoms with Gasteiger partial charge < -0.3 is 10.4 Å². The SMILES string of the molecule is OCC1(CNC2CCCCC2)CN(C2CCCCC2)C1. The molecule has 0 amide bonds. The summed E-state index contributed by atoms with van der Waals surface area (Å²) in [5, 5.41) is 13.6. The molecule has 0 aromatic carbocycles. The highest BCUT2D eigenvalue weighted by Crippen LogP contribution is 2.35. The second kappa shape index (κ2) is 6.76. The Hall–Kier alpha value is -0.120. The Bertz CT molecular complexity index is 284. The average Bonchev–Trinajstić information content (AvgIpc) is 2.49. The van der Waals surface area contributed by atoms with Crippen LogP contribution in [0, 0.1) is 5.41 Å². The van der Waals surface area contributed by atoms with Crippen molar-refractivity contribution in [2.45, 2.75) is 76.3 Å². The van der Waals surface area contributed by atoms with Crippen LogP contribution in [0.3, 0.4) is 0 Å². The van der Waals surface area contributed by atoms with Gasteiger partial charge in [0, 0.05) is 37.1 Å². The van der Waals surface area contributed by atoms with Gasteiger partial charge in [-0.25, -0.2) is 0 Å². The van der Waals surface area contributed by atoms with Crippen molar-refractivity contribution in [2.75, 3.05) is 26.2 Å². The van der Waals surface area contributed by atoms with Crippen LogP contribution in [0.25, 0.3) is 0 Å². The fourth-order valence-electron chi connectivity index (χ4n) is 4.45. The molecule has 3 aliphatic rings. The fraction of sp³-hybridized carbons (Fsp3) is 1.00. The zero-order valence-corrected chi connectivity index (χ0v) is 12.9. The van der Waals surface area contributed by atoms with Gasteiger partial charge in [-0.3, -0.25) is 4.90 Å². The number of nitrogens with zero attached hydrogens (tertiary/aromatic N) is 1. The van der Waals surface area contributed by atoms with Crippen molar-refractivity contribution >= 4 is 0 Å². The lowest BCUT2D eigenvalue weighted by Crippen LogP contribution is -2.65. The first kappa shape index (κ1) is 14.8. The lowest BCUT2D eigenvalue weighted by molar-refractivity contribution is -0.0717. The maximum Gasteiger partial charge on any atom is 0.0524 e. The van der Waals surface area contributed by atoms with Gasteiger partial charge in [-0.15, -0.1) is 0 Å². The van der Waals surface area contributed by atoms with E-state index in [4.69, 9.17) is 0 Å². The fourth-order valence-corrected chi connectivity index (χ4v) is 4.45. The molecular formula is C17H32N2O. The summed E-state index contributed by atoms with van der Waals surface area (Å²) >= 11 is 0. The number of rotatable bonds is 5. The summed E-state index contributed by atoms with van der Waals surface area (Å²) in [5.41, 5.74) is 0.162. The van der Waals surface area contributed by atoms with Crippen LogP contribution in [-0.2, 0) is 0 Å². The summed E-state index contributed by atoms with van der Waals surface area (Å²) in [4.78, 5) is 2.64. The Morgan fingerprint density at radius 2 is 1.50 bits per heavy atom. The van der Waals surface area contributed by atoms with E-state index in [0.717, 1.165) is 31.7 Å². The standard InChI is InChI=1S/C17H32N2O/c20-14-17(11-18-15-7-3-1-4-8-15)12-19(13-17)16-9-5-2-6-10-16/h15-16,18,20H,1-14H2. The van der Waals surface area contributed by atoms with E-state index in [2.05, 4.69) is 10.2 Å². The maximum atomic E-state index is 9.82.